The van der Waals surface area contributed by atoms with Crippen molar-refractivity contribution in [2.24, 2.45) is 0 Å². The summed E-state index contributed by atoms with van der Waals surface area (Å²) < 4.78 is 1.88. The Hall–Kier alpha value is -1.04. The minimum Gasteiger partial charge on any atom is -0.480 e. The molecule has 1 fully saturated rings. The summed E-state index contributed by atoms with van der Waals surface area (Å²) in [7, 11) is 0. The molecule has 0 aromatic carbocycles. The molecule has 2 unspecified atom stereocenters. The van der Waals surface area contributed by atoms with Crippen molar-refractivity contribution in [3.05, 3.63) is 11.6 Å². The fourth-order valence-corrected chi connectivity index (χ4v) is 3.93. The van der Waals surface area contributed by atoms with E-state index in [4.69, 9.17) is 0 Å². The molecule has 1 N–H and O–H groups in total. The molecule has 6 heteroatoms. The van der Waals surface area contributed by atoms with Gasteiger partial charge >= 0.3 is 5.97 Å². The first kappa shape index (κ1) is 11.1. The van der Waals surface area contributed by atoms with E-state index in [1.807, 2.05) is 16.3 Å². The van der Waals surface area contributed by atoms with Crippen LogP contribution < -0.4 is 0 Å². The molecule has 2 aliphatic heterocycles. The Bertz CT molecular complexity index is 440. The molecule has 1 saturated heterocycles. The van der Waals surface area contributed by atoms with Crippen molar-refractivity contribution in [1.82, 2.24) is 14.8 Å². The van der Waals surface area contributed by atoms with E-state index in [-0.39, 0.29) is 0 Å². The zero-order chi connectivity index (χ0) is 11.8. The van der Waals surface area contributed by atoms with Crippen LogP contribution >= 0.6 is 11.8 Å². The summed E-state index contributed by atoms with van der Waals surface area (Å²) in [6.07, 6.45) is 4.73. The number of carboxylic acid groups (broad SMARTS) is 1. The molecule has 3 rings (SSSR count). The van der Waals surface area contributed by atoms with Crippen LogP contribution in [0.3, 0.4) is 0 Å². The van der Waals surface area contributed by atoms with Gasteiger partial charge in [0.15, 0.2) is 0 Å². The number of carboxylic acids is 1. The van der Waals surface area contributed by atoms with Gasteiger partial charge in [0.25, 0.3) is 0 Å². The van der Waals surface area contributed by atoms with Crippen molar-refractivity contribution in [2.45, 2.75) is 43.4 Å². The van der Waals surface area contributed by atoms with Crippen LogP contribution in [0.25, 0.3) is 0 Å². The van der Waals surface area contributed by atoms with Crippen molar-refractivity contribution in [1.29, 1.82) is 0 Å². The van der Waals surface area contributed by atoms with Gasteiger partial charge in [0.2, 0.25) is 0 Å². The van der Waals surface area contributed by atoms with E-state index in [1.165, 1.54) is 6.42 Å². The Labute approximate surface area is 104 Å². The highest BCUT2D eigenvalue weighted by atomic mass is 32.2. The van der Waals surface area contributed by atoms with Crippen LogP contribution in [-0.2, 0) is 11.2 Å². The Morgan fingerprint density at radius 1 is 1.35 bits per heavy atom. The first-order chi connectivity index (χ1) is 8.27. The lowest BCUT2D eigenvalue weighted by molar-refractivity contribution is -0.141. The number of nitrogens with zero attached hydrogens (tertiary/aromatic N) is 3. The van der Waals surface area contributed by atoms with Crippen LogP contribution in [0.5, 0.6) is 0 Å². The van der Waals surface area contributed by atoms with Gasteiger partial charge < -0.3 is 5.11 Å². The number of rotatable bonds is 2. The summed E-state index contributed by atoms with van der Waals surface area (Å²) >= 11 is 1.87. The van der Waals surface area contributed by atoms with E-state index >= 15 is 0 Å². The fourth-order valence-electron chi connectivity index (χ4n) is 2.66. The number of hydrogen-bond donors (Lipinski definition) is 1. The summed E-state index contributed by atoms with van der Waals surface area (Å²) in [6.45, 7) is 0. The van der Waals surface area contributed by atoms with Crippen LogP contribution in [0.2, 0.25) is 0 Å². The fraction of sp³-hybridized carbons (Fsp3) is 0.727. The number of fused-ring (bicyclic) bond motifs is 1. The molecule has 1 aromatic heterocycles. The predicted octanol–water partition coefficient (Wildman–Crippen LogP) is 1.81. The highest BCUT2D eigenvalue weighted by Crippen LogP contribution is 2.41. The minimum absolute atomic E-state index is 0.344. The van der Waals surface area contributed by atoms with Gasteiger partial charge in [-0.05, 0) is 31.4 Å². The Morgan fingerprint density at radius 3 is 2.94 bits per heavy atom. The third kappa shape index (κ3) is 1.84. The van der Waals surface area contributed by atoms with Crippen LogP contribution in [-0.4, -0.2) is 31.6 Å². The Kier molecular flexibility index (Phi) is 2.82. The molecule has 3 heterocycles. The summed E-state index contributed by atoms with van der Waals surface area (Å²) in [6, 6.07) is -0.454. The van der Waals surface area contributed by atoms with Crippen molar-refractivity contribution in [3.8, 4) is 0 Å². The highest BCUT2D eigenvalue weighted by molar-refractivity contribution is 7.99. The van der Waals surface area contributed by atoms with Gasteiger partial charge in [-0.25, -0.2) is 4.79 Å². The second-order valence-electron chi connectivity index (χ2n) is 4.59. The van der Waals surface area contributed by atoms with Crippen LogP contribution in [0, 0.1) is 0 Å². The molecule has 1 aromatic rings. The molecule has 92 valence electrons. The number of carbonyl (C=O) groups is 1. The maximum Gasteiger partial charge on any atom is 0.326 e. The van der Waals surface area contributed by atoms with Crippen molar-refractivity contribution in [2.75, 3.05) is 5.75 Å². The zero-order valence-electron chi connectivity index (χ0n) is 9.50. The van der Waals surface area contributed by atoms with Gasteiger partial charge in [-0.15, -0.1) is 10.2 Å². The quantitative estimate of drug-likeness (QED) is 0.870. The minimum atomic E-state index is -0.755. The monoisotopic (exact) mass is 253 g/mol. The molecule has 0 amide bonds. The van der Waals surface area contributed by atoms with Gasteiger partial charge in [-0.1, -0.05) is 0 Å². The molecule has 2 atom stereocenters. The SMILES string of the molecule is O=C(O)C1CCCc2nnc(C3CCCS3)n21. The van der Waals surface area contributed by atoms with Crippen molar-refractivity contribution < 1.29 is 9.90 Å². The van der Waals surface area contributed by atoms with E-state index in [0.29, 0.717) is 11.7 Å². The van der Waals surface area contributed by atoms with Gasteiger partial charge in [0, 0.05) is 6.42 Å². The standard InChI is InChI=1S/C11H15N3O2S/c15-11(16)7-3-1-5-9-12-13-10(14(7)9)8-4-2-6-17-8/h7-8H,1-6H2,(H,15,16). The van der Waals surface area contributed by atoms with Gasteiger partial charge in [0.05, 0.1) is 5.25 Å². The lowest BCUT2D eigenvalue weighted by Gasteiger charge is -2.23. The molecule has 0 bridgehead atoms. The van der Waals surface area contributed by atoms with E-state index < -0.39 is 12.0 Å². The number of hydrogen-bond acceptors (Lipinski definition) is 4. The van der Waals surface area contributed by atoms with Gasteiger partial charge in [-0.2, -0.15) is 11.8 Å². The van der Waals surface area contributed by atoms with Crippen molar-refractivity contribution >= 4 is 17.7 Å². The van der Waals surface area contributed by atoms with E-state index in [2.05, 4.69) is 10.2 Å². The highest BCUT2D eigenvalue weighted by Gasteiger charge is 2.33. The third-order valence-electron chi connectivity index (χ3n) is 3.49. The van der Waals surface area contributed by atoms with Crippen LogP contribution in [0.4, 0.5) is 0 Å². The topological polar surface area (TPSA) is 68.0 Å². The normalized spacial score (nSPS) is 28.0. The van der Waals surface area contributed by atoms with E-state index in [9.17, 15) is 9.90 Å². The van der Waals surface area contributed by atoms with Crippen molar-refractivity contribution in [3.63, 3.8) is 0 Å². The molecule has 17 heavy (non-hydrogen) atoms. The first-order valence-electron chi connectivity index (χ1n) is 6.05. The Morgan fingerprint density at radius 2 is 2.24 bits per heavy atom. The lowest BCUT2D eigenvalue weighted by atomic mass is 10.0. The zero-order valence-corrected chi connectivity index (χ0v) is 10.3. The summed E-state index contributed by atoms with van der Waals surface area (Å²) in [5, 5.41) is 18.0. The lowest BCUT2D eigenvalue weighted by Crippen LogP contribution is -2.27. The number of aromatic nitrogens is 3. The van der Waals surface area contributed by atoms with Gasteiger partial charge in [0.1, 0.15) is 17.7 Å². The average Bonchev–Trinajstić information content (AvgIpc) is 2.96. The van der Waals surface area contributed by atoms with Crippen LogP contribution in [0.15, 0.2) is 0 Å². The maximum absolute atomic E-state index is 11.3. The van der Waals surface area contributed by atoms with Gasteiger partial charge in [-0.3, -0.25) is 4.57 Å². The molecule has 0 spiro atoms. The smallest absolute Gasteiger partial charge is 0.326 e. The molecule has 0 saturated carbocycles. The third-order valence-corrected chi connectivity index (χ3v) is 4.86. The number of thioether (sulfide) groups is 1. The van der Waals surface area contributed by atoms with E-state index in [1.54, 1.807) is 0 Å². The molecular weight excluding hydrogens is 238 g/mol. The molecule has 2 aliphatic rings. The average molecular weight is 253 g/mol. The first-order valence-corrected chi connectivity index (χ1v) is 7.10. The number of aliphatic carboxylic acids is 1. The molecule has 0 aliphatic carbocycles. The molecule has 5 nitrogen and oxygen atoms in total. The Balaban J connectivity index is 2.00. The predicted molar refractivity (Wildman–Crippen MR) is 64.1 cm³/mol. The maximum atomic E-state index is 11.3. The summed E-state index contributed by atoms with van der Waals surface area (Å²) in [4.78, 5) is 11.3. The molecular formula is C11H15N3O2S. The summed E-state index contributed by atoms with van der Waals surface area (Å²) in [5.41, 5.74) is 0. The van der Waals surface area contributed by atoms with Crippen LogP contribution in [0.1, 0.15) is 48.6 Å². The number of aryl methyl sites for hydroxylation is 1. The largest absolute Gasteiger partial charge is 0.480 e. The molecule has 0 radical (unpaired) electrons. The summed E-state index contributed by atoms with van der Waals surface area (Å²) in [5.74, 6) is 2.13. The van der Waals surface area contributed by atoms with E-state index in [0.717, 1.165) is 36.7 Å². The second-order valence-corrected chi connectivity index (χ2v) is 5.90. The second kappa shape index (κ2) is 4.33.